The van der Waals surface area contributed by atoms with Gasteiger partial charge in [-0.2, -0.15) is 0 Å². The maximum Gasteiger partial charge on any atom is 0.307 e. The number of carbonyl (C=O) groups excluding carboxylic acids is 1. The molecule has 0 fully saturated rings. The minimum absolute atomic E-state index is 0.252. The summed E-state index contributed by atoms with van der Waals surface area (Å²) >= 11 is 0. The number of hydrogen-bond acceptors (Lipinski definition) is 4. The molecular weight excluding hydrogens is 230 g/mol. The number of benzene rings is 1. The number of methoxy groups -OCH3 is 1. The van der Waals surface area contributed by atoms with E-state index < -0.39 is 5.54 Å². The monoisotopic (exact) mass is 251 g/mol. The highest BCUT2D eigenvalue weighted by Gasteiger charge is 2.31. The molecule has 1 rings (SSSR count). The minimum Gasteiger partial charge on any atom is -0.494 e. The first-order valence-electron chi connectivity index (χ1n) is 6.05. The van der Waals surface area contributed by atoms with Crippen LogP contribution in [0.4, 0.5) is 0 Å². The van der Waals surface area contributed by atoms with Gasteiger partial charge in [0.25, 0.3) is 0 Å². The first-order valence-corrected chi connectivity index (χ1v) is 6.05. The molecule has 0 aliphatic carbocycles. The normalized spacial score (nSPS) is 13.8. The number of hydrogen-bond donors (Lipinski definition) is 1. The van der Waals surface area contributed by atoms with E-state index in [1.165, 1.54) is 7.11 Å². The molecule has 0 aromatic heterocycles. The van der Waals surface area contributed by atoms with Crippen molar-refractivity contribution < 1.29 is 14.3 Å². The Labute approximate surface area is 108 Å². The van der Waals surface area contributed by atoms with Crippen LogP contribution in [0.1, 0.15) is 25.8 Å². The summed E-state index contributed by atoms with van der Waals surface area (Å²) in [5.74, 6) is 0.541. The molecule has 4 nitrogen and oxygen atoms in total. The topological polar surface area (TPSA) is 47.6 Å². The Hall–Kier alpha value is -1.55. The van der Waals surface area contributed by atoms with E-state index in [-0.39, 0.29) is 12.4 Å². The van der Waals surface area contributed by atoms with Crippen LogP contribution in [-0.4, -0.2) is 26.7 Å². The summed E-state index contributed by atoms with van der Waals surface area (Å²) < 4.78 is 10.4. The molecule has 0 heterocycles. The summed E-state index contributed by atoms with van der Waals surface area (Å²) in [6.07, 6.45) is 0.254. The van der Waals surface area contributed by atoms with Crippen LogP contribution in [0, 0.1) is 0 Å². The molecule has 1 atom stereocenters. The van der Waals surface area contributed by atoms with E-state index in [9.17, 15) is 4.79 Å². The maximum absolute atomic E-state index is 11.5. The van der Waals surface area contributed by atoms with Gasteiger partial charge in [-0.15, -0.1) is 0 Å². The third-order valence-electron chi connectivity index (χ3n) is 3.06. The number of nitrogens with one attached hydrogen (secondary N) is 1. The van der Waals surface area contributed by atoms with Gasteiger partial charge in [-0.1, -0.05) is 18.2 Å². The van der Waals surface area contributed by atoms with Crippen molar-refractivity contribution in [2.24, 2.45) is 0 Å². The van der Waals surface area contributed by atoms with Gasteiger partial charge in [-0.05, 0) is 27.0 Å². The standard InChI is InChI=1S/C14H21NO3/c1-5-18-12-9-7-6-8-11(12)14(2,15-3)10-13(16)17-4/h6-9,15H,5,10H2,1-4H3. The lowest BCUT2D eigenvalue weighted by Gasteiger charge is -2.30. The molecule has 0 spiro atoms. The van der Waals surface area contributed by atoms with Crippen molar-refractivity contribution in [3.05, 3.63) is 29.8 Å². The molecule has 0 aliphatic heterocycles. The van der Waals surface area contributed by atoms with Gasteiger partial charge in [0.05, 0.1) is 25.7 Å². The van der Waals surface area contributed by atoms with Crippen LogP contribution in [-0.2, 0) is 15.1 Å². The molecule has 1 N–H and O–H groups in total. The highest BCUT2D eigenvalue weighted by atomic mass is 16.5. The van der Waals surface area contributed by atoms with Crippen molar-refractivity contribution in [1.29, 1.82) is 0 Å². The Morgan fingerprint density at radius 2 is 2.06 bits per heavy atom. The molecule has 1 aromatic carbocycles. The summed E-state index contributed by atoms with van der Waals surface area (Å²) in [6.45, 7) is 4.49. The quantitative estimate of drug-likeness (QED) is 0.786. The van der Waals surface area contributed by atoms with Crippen molar-refractivity contribution in [3.8, 4) is 5.75 Å². The number of carbonyl (C=O) groups is 1. The average molecular weight is 251 g/mol. The van der Waals surface area contributed by atoms with Gasteiger partial charge < -0.3 is 14.8 Å². The average Bonchev–Trinajstić information content (AvgIpc) is 2.39. The van der Waals surface area contributed by atoms with E-state index in [1.54, 1.807) is 0 Å². The Morgan fingerprint density at radius 3 is 2.61 bits per heavy atom. The maximum atomic E-state index is 11.5. The van der Waals surface area contributed by atoms with E-state index >= 15 is 0 Å². The second-order valence-electron chi connectivity index (χ2n) is 4.26. The van der Waals surface area contributed by atoms with Crippen molar-refractivity contribution in [3.63, 3.8) is 0 Å². The lowest BCUT2D eigenvalue weighted by molar-refractivity contribution is -0.142. The molecule has 0 aliphatic rings. The summed E-state index contributed by atoms with van der Waals surface area (Å²) in [5, 5.41) is 3.18. The van der Waals surface area contributed by atoms with E-state index in [4.69, 9.17) is 9.47 Å². The zero-order valence-electron chi connectivity index (χ0n) is 11.4. The molecule has 18 heavy (non-hydrogen) atoms. The van der Waals surface area contributed by atoms with Gasteiger partial charge in [0, 0.05) is 5.56 Å². The Morgan fingerprint density at radius 1 is 1.39 bits per heavy atom. The predicted octanol–water partition coefficient (Wildman–Crippen LogP) is 2.08. The molecular formula is C14H21NO3. The van der Waals surface area contributed by atoms with Gasteiger partial charge in [-0.3, -0.25) is 4.79 Å². The molecule has 1 aromatic rings. The zero-order valence-corrected chi connectivity index (χ0v) is 11.4. The fraction of sp³-hybridized carbons (Fsp3) is 0.500. The zero-order chi connectivity index (χ0) is 13.6. The smallest absolute Gasteiger partial charge is 0.307 e. The SMILES string of the molecule is CCOc1ccccc1C(C)(CC(=O)OC)NC. The highest BCUT2D eigenvalue weighted by molar-refractivity contribution is 5.71. The van der Waals surface area contributed by atoms with Crippen LogP contribution in [0.3, 0.4) is 0 Å². The minimum atomic E-state index is -0.501. The van der Waals surface area contributed by atoms with Crippen LogP contribution in [0.5, 0.6) is 5.75 Å². The highest BCUT2D eigenvalue weighted by Crippen LogP contribution is 2.32. The van der Waals surface area contributed by atoms with Gasteiger partial charge in [0.1, 0.15) is 5.75 Å². The third kappa shape index (κ3) is 3.23. The molecule has 0 amide bonds. The molecule has 1 unspecified atom stereocenters. The van der Waals surface area contributed by atoms with E-state index in [2.05, 4.69) is 5.32 Å². The second-order valence-corrected chi connectivity index (χ2v) is 4.26. The largest absolute Gasteiger partial charge is 0.494 e. The van der Waals surface area contributed by atoms with Crippen LogP contribution in [0.15, 0.2) is 24.3 Å². The predicted molar refractivity (Wildman–Crippen MR) is 70.7 cm³/mol. The Kier molecular flexibility index (Phi) is 5.16. The van der Waals surface area contributed by atoms with Gasteiger partial charge in [0.2, 0.25) is 0 Å². The van der Waals surface area contributed by atoms with E-state index in [0.29, 0.717) is 6.61 Å². The van der Waals surface area contributed by atoms with Crippen molar-refractivity contribution in [2.45, 2.75) is 25.8 Å². The van der Waals surface area contributed by atoms with Crippen LogP contribution >= 0.6 is 0 Å². The summed E-state index contributed by atoms with van der Waals surface area (Å²) in [7, 11) is 3.22. The Bertz CT molecular complexity index is 406. The lowest BCUT2D eigenvalue weighted by Crippen LogP contribution is -2.39. The van der Waals surface area contributed by atoms with Crippen LogP contribution < -0.4 is 10.1 Å². The van der Waals surface area contributed by atoms with Gasteiger partial charge in [0.15, 0.2) is 0 Å². The summed E-state index contributed by atoms with van der Waals surface area (Å²) in [4.78, 5) is 11.5. The van der Waals surface area contributed by atoms with Crippen LogP contribution in [0.2, 0.25) is 0 Å². The molecule has 0 saturated carbocycles. The summed E-state index contributed by atoms with van der Waals surface area (Å²) in [5.41, 5.74) is 0.457. The number of rotatable bonds is 6. The lowest BCUT2D eigenvalue weighted by atomic mass is 9.88. The third-order valence-corrected chi connectivity index (χ3v) is 3.06. The number of para-hydroxylation sites is 1. The molecule has 0 radical (unpaired) electrons. The van der Waals surface area contributed by atoms with E-state index in [0.717, 1.165) is 11.3 Å². The van der Waals surface area contributed by atoms with Crippen molar-refractivity contribution in [2.75, 3.05) is 20.8 Å². The number of ether oxygens (including phenoxy) is 2. The van der Waals surface area contributed by atoms with E-state index in [1.807, 2.05) is 45.2 Å². The van der Waals surface area contributed by atoms with Crippen molar-refractivity contribution >= 4 is 5.97 Å². The summed E-state index contributed by atoms with van der Waals surface area (Å²) in [6, 6.07) is 7.73. The Balaban J connectivity index is 3.10. The van der Waals surface area contributed by atoms with Crippen LogP contribution in [0.25, 0.3) is 0 Å². The van der Waals surface area contributed by atoms with Gasteiger partial charge in [-0.25, -0.2) is 0 Å². The first kappa shape index (κ1) is 14.5. The molecule has 100 valence electrons. The fourth-order valence-corrected chi connectivity index (χ4v) is 1.88. The first-order chi connectivity index (χ1) is 8.57. The number of esters is 1. The van der Waals surface area contributed by atoms with Gasteiger partial charge >= 0.3 is 5.97 Å². The second kappa shape index (κ2) is 6.40. The van der Waals surface area contributed by atoms with Crippen molar-refractivity contribution in [1.82, 2.24) is 5.32 Å². The fourth-order valence-electron chi connectivity index (χ4n) is 1.88. The molecule has 0 bridgehead atoms. The molecule has 0 saturated heterocycles. The molecule has 4 heteroatoms.